The highest BCUT2D eigenvalue weighted by Crippen LogP contribution is 2.27. The van der Waals surface area contributed by atoms with Gasteiger partial charge in [0.15, 0.2) is 0 Å². The molecule has 2 aromatic heterocycles. The number of fused-ring (bicyclic) bond motifs is 1. The van der Waals surface area contributed by atoms with Gasteiger partial charge in [-0.05, 0) is 48.5 Å². The van der Waals surface area contributed by atoms with E-state index in [1.54, 1.807) is 24.7 Å². The minimum absolute atomic E-state index is 0.114. The van der Waals surface area contributed by atoms with E-state index in [1.807, 2.05) is 47.4 Å². The van der Waals surface area contributed by atoms with Gasteiger partial charge in [0.1, 0.15) is 5.75 Å². The highest BCUT2D eigenvalue weighted by molar-refractivity contribution is 6.31. The summed E-state index contributed by atoms with van der Waals surface area (Å²) in [6.45, 7) is 2.75. The first-order chi connectivity index (χ1) is 15.7. The summed E-state index contributed by atoms with van der Waals surface area (Å²) in [6.07, 6.45) is 5.07. The molecule has 2 aromatic carbocycles. The number of piperazine rings is 1. The number of aromatic nitrogens is 3. The van der Waals surface area contributed by atoms with Crippen molar-refractivity contribution in [1.29, 1.82) is 0 Å². The van der Waals surface area contributed by atoms with Crippen molar-refractivity contribution in [1.82, 2.24) is 19.9 Å². The van der Waals surface area contributed by atoms with Gasteiger partial charge in [0.2, 0.25) is 0 Å². The molecule has 5 rings (SSSR count). The molecular weight excluding hydrogens is 428 g/mol. The Morgan fingerprint density at radius 1 is 1.03 bits per heavy atom. The van der Waals surface area contributed by atoms with Crippen LogP contribution in [0, 0.1) is 0 Å². The van der Waals surface area contributed by atoms with Gasteiger partial charge in [0.25, 0.3) is 0 Å². The zero-order valence-corrected chi connectivity index (χ0v) is 17.9. The fraction of sp³-hybridized carbons (Fsp3) is 0.174. The lowest BCUT2D eigenvalue weighted by Gasteiger charge is -2.36. The predicted molar refractivity (Wildman–Crippen MR) is 125 cm³/mol. The molecule has 2 N–H and O–H groups in total. The third-order valence-corrected chi connectivity index (χ3v) is 5.64. The van der Waals surface area contributed by atoms with Crippen LogP contribution in [0.1, 0.15) is 0 Å². The second kappa shape index (κ2) is 8.76. The first-order valence-electron chi connectivity index (χ1n) is 10.3. The Kier molecular flexibility index (Phi) is 5.51. The number of hydrogen-bond donors (Lipinski definition) is 2. The molecular formula is C23H21ClN6O2. The summed E-state index contributed by atoms with van der Waals surface area (Å²) in [5.41, 5.74) is 2.74. The zero-order valence-electron chi connectivity index (χ0n) is 17.2. The van der Waals surface area contributed by atoms with Crippen molar-refractivity contribution < 1.29 is 9.53 Å². The maximum absolute atomic E-state index is 12.8. The molecule has 1 aliphatic rings. The quantitative estimate of drug-likeness (QED) is 0.470. The van der Waals surface area contributed by atoms with Gasteiger partial charge in [-0.3, -0.25) is 0 Å². The Bertz CT molecular complexity index is 1220. The van der Waals surface area contributed by atoms with Gasteiger partial charge in [-0.1, -0.05) is 11.6 Å². The highest BCUT2D eigenvalue weighted by Gasteiger charge is 2.22. The average Bonchev–Trinajstić information content (AvgIpc) is 3.22. The molecule has 1 saturated heterocycles. The number of halogens is 1. The molecule has 0 atom stereocenters. The Morgan fingerprint density at radius 3 is 2.53 bits per heavy atom. The van der Waals surface area contributed by atoms with Crippen LogP contribution < -0.4 is 15.0 Å². The molecule has 4 aromatic rings. The van der Waals surface area contributed by atoms with Gasteiger partial charge in [-0.2, -0.15) is 0 Å². The van der Waals surface area contributed by atoms with Crippen molar-refractivity contribution in [3.05, 3.63) is 72.1 Å². The van der Waals surface area contributed by atoms with Gasteiger partial charge in [0, 0.05) is 66.4 Å². The van der Waals surface area contributed by atoms with Crippen LogP contribution in [-0.2, 0) is 0 Å². The third-order valence-electron chi connectivity index (χ3n) is 5.41. The predicted octanol–water partition coefficient (Wildman–Crippen LogP) is 4.76. The van der Waals surface area contributed by atoms with Gasteiger partial charge in [0.05, 0.1) is 5.69 Å². The van der Waals surface area contributed by atoms with E-state index in [9.17, 15) is 4.79 Å². The standard InChI is InChI=1S/C23H21ClN6O2/c24-16-2-7-20-19(14-16)21(15-27-20)28-23(31)30-12-10-29(11-13-30)17-3-5-18(6-4-17)32-22-25-8-1-9-26-22/h1-9,14-15,27H,10-13H2,(H,28,31). The Hall–Kier alpha value is -3.78. The number of nitrogens with zero attached hydrogens (tertiary/aromatic N) is 4. The highest BCUT2D eigenvalue weighted by atomic mass is 35.5. The molecule has 0 bridgehead atoms. The fourth-order valence-electron chi connectivity index (χ4n) is 3.73. The normalized spacial score (nSPS) is 13.9. The van der Waals surface area contributed by atoms with Crippen molar-refractivity contribution in [2.24, 2.45) is 0 Å². The van der Waals surface area contributed by atoms with E-state index >= 15 is 0 Å². The van der Waals surface area contributed by atoms with Crippen molar-refractivity contribution >= 4 is 39.9 Å². The fourth-order valence-corrected chi connectivity index (χ4v) is 3.90. The number of amides is 2. The zero-order chi connectivity index (χ0) is 21.9. The molecule has 32 heavy (non-hydrogen) atoms. The van der Waals surface area contributed by atoms with E-state index in [0.717, 1.165) is 35.4 Å². The number of hydrogen-bond acceptors (Lipinski definition) is 5. The number of anilines is 2. The summed E-state index contributed by atoms with van der Waals surface area (Å²) >= 11 is 6.10. The Balaban J connectivity index is 1.17. The number of aromatic amines is 1. The topological polar surface area (TPSA) is 86.4 Å². The van der Waals surface area contributed by atoms with Crippen LogP contribution in [0.15, 0.2) is 67.1 Å². The molecule has 0 spiro atoms. The SMILES string of the molecule is O=C(Nc1c[nH]c2ccc(Cl)cc12)N1CCN(c2ccc(Oc3ncccn3)cc2)CC1. The van der Waals surface area contributed by atoms with Crippen molar-refractivity contribution in [3.8, 4) is 11.8 Å². The molecule has 1 fully saturated rings. The van der Waals surface area contributed by atoms with Crippen LogP contribution in [0.5, 0.6) is 11.8 Å². The van der Waals surface area contributed by atoms with E-state index in [1.165, 1.54) is 0 Å². The van der Waals surface area contributed by atoms with Crippen LogP contribution in [0.2, 0.25) is 5.02 Å². The number of carbonyl (C=O) groups excluding carboxylic acids is 1. The number of carbonyl (C=O) groups is 1. The first-order valence-corrected chi connectivity index (χ1v) is 10.7. The van der Waals surface area contributed by atoms with Gasteiger partial charge in [-0.25, -0.2) is 14.8 Å². The van der Waals surface area contributed by atoms with E-state index in [0.29, 0.717) is 29.9 Å². The van der Waals surface area contributed by atoms with Crippen molar-refractivity contribution in [2.45, 2.75) is 0 Å². The maximum atomic E-state index is 12.8. The second-order valence-electron chi connectivity index (χ2n) is 7.42. The second-order valence-corrected chi connectivity index (χ2v) is 7.86. The van der Waals surface area contributed by atoms with Crippen LogP contribution in [0.4, 0.5) is 16.2 Å². The molecule has 9 heteroatoms. The number of rotatable bonds is 4. The monoisotopic (exact) mass is 448 g/mol. The molecule has 0 aliphatic carbocycles. The number of H-pyrrole nitrogens is 1. The molecule has 2 amide bonds. The maximum Gasteiger partial charge on any atom is 0.322 e. The van der Waals surface area contributed by atoms with E-state index < -0.39 is 0 Å². The van der Waals surface area contributed by atoms with Crippen molar-refractivity contribution in [2.75, 3.05) is 36.4 Å². The van der Waals surface area contributed by atoms with E-state index in [4.69, 9.17) is 16.3 Å². The van der Waals surface area contributed by atoms with Crippen molar-refractivity contribution in [3.63, 3.8) is 0 Å². The molecule has 162 valence electrons. The van der Waals surface area contributed by atoms with E-state index in [-0.39, 0.29) is 6.03 Å². The van der Waals surface area contributed by atoms with E-state index in [2.05, 4.69) is 25.2 Å². The lowest BCUT2D eigenvalue weighted by molar-refractivity contribution is 0.208. The van der Waals surface area contributed by atoms with Gasteiger partial charge >= 0.3 is 12.0 Å². The smallest absolute Gasteiger partial charge is 0.322 e. The molecule has 8 nitrogen and oxygen atoms in total. The third kappa shape index (κ3) is 4.31. The summed E-state index contributed by atoms with van der Waals surface area (Å²) in [4.78, 5) is 28.1. The Morgan fingerprint density at radius 2 is 1.78 bits per heavy atom. The number of urea groups is 1. The summed E-state index contributed by atoms with van der Waals surface area (Å²) < 4.78 is 5.64. The lowest BCUT2D eigenvalue weighted by atomic mass is 10.2. The summed E-state index contributed by atoms with van der Waals surface area (Å²) in [5.74, 6) is 0.678. The molecule has 0 saturated carbocycles. The number of ether oxygens (including phenoxy) is 1. The van der Waals surface area contributed by atoms with Crippen LogP contribution >= 0.6 is 11.6 Å². The minimum Gasteiger partial charge on any atom is -0.424 e. The first kappa shape index (κ1) is 20.1. The summed E-state index contributed by atoms with van der Waals surface area (Å²) in [7, 11) is 0. The largest absolute Gasteiger partial charge is 0.424 e. The number of benzene rings is 2. The van der Waals surface area contributed by atoms with Crippen LogP contribution in [0.25, 0.3) is 10.9 Å². The Labute approximate surface area is 189 Å². The lowest BCUT2D eigenvalue weighted by Crippen LogP contribution is -2.50. The average molecular weight is 449 g/mol. The molecule has 0 radical (unpaired) electrons. The van der Waals surface area contributed by atoms with Crippen LogP contribution in [0.3, 0.4) is 0 Å². The van der Waals surface area contributed by atoms with Crippen LogP contribution in [-0.4, -0.2) is 52.1 Å². The summed E-state index contributed by atoms with van der Waals surface area (Å²) in [6, 6.07) is 15.3. The molecule has 1 aliphatic heterocycles. The molecule has 3 heterocycles. The molecule has 0 unspecified atom stereocenters. The minimum atomic E-state index is -0.114. The summed E-state index contributed by atoms with van der Waals surface area (Å²) in [5, 5.41) is 4.53. The van der Waals surface area contributed by atoms with Gasteiger partial charge < -0.3 is 24.8 Å². The number of nitrogens with one attached hydrogen (secondary N) is 2. The van der Waals surface area contributed by atoms with Gasteiger partial charge in [-0.15, -0.1) is 0 Å².